The van der Waals surface area contributed by atoms with Crippen molar-refractivity contribution in [2.75, 3.05) is 0 Å². The van der Waals surface area contributed by atoms with Crippen LogP contribution in [0, 0.1) is 5.92 Å². The highest BCUT2D eigenvalue weighted by Gasteiger charge is 2.36. The van der Waals surface area contributed by atoms with Gasteiger partial charge in [0, 0.05) is 30.0 Å². The predicted molar refractivity (Wildman–Crippen MR) is 80.4 cm³/mol. The highest BCUT2D eigenvalue weighted by atomic mass is 16.1. The van der Waals surface area contributed by atoms with Crippen LogP contribution in [0.4, 0.5) is 0 Å². The van der Waals surface area contributed by atoms with Gasteiger partial charge in [-0.1, -0.05) is 30.7 Å². The first kappa shape index (κ1) is 12.3. The number of benzene rings is 1. The number of carbonyl (C=O) groups is 1. The van der Waals surface area contributed by atoms with Gasteiger partial charge in [0.15, 0.2) is 5.78 Å². The topological polar surface area (TPSA) is 29.1 Å². The molecule has 0 saturated carbocycles. The quantitative estimate of drug-likeness (QED) is 0.892. The molecule has 0 radical (unpaired) electrons. The summed E-state index contributed by atoms with van der Waals surface area (Å²) in [4.78, 5) is 12.8. The van der Waals surface area contributed by atoms with Gasteiger partial charge in [-0.25, -0.2) is 0 Å². The highest BCUT2D eigenvalue weighted by Crippen LogP contribution is 2.34. The summed E-state index contributed by atoms with van der Waals surface area (Å²) in [6.45, 7) is 0. The van der Waals surface area contributed by atoms with Gasteiger partial charge >= 0.3 is 0 Å². The molecule has 2 heterocycles. The van der Waals surface area contributed by atoms with E-state index in [-0.39, 0.29) is 5.92 Å². The number of rotatable bonds is 2. The van der Waals surface area contributed by atoms with E-state index in [1.807, 2.05) is 0 Å². The highest BCUT2D eigenvalue weighted by molar-refractivity contribution is 6.03. The molecule has 2 bridgehead atoms. The largest absolute Gasteiger partial charge is 0.311 e. The SMILES string of the molecule is O=C(C1=Cc2ccccc2C1)C1CC2CCCC(C1)N2. The Morgan fingerprint density at radius 3 is 2.60 bits per heavy atom. The summed E-state index contributed by atoms with van der Waals surface area (Å²) < 4.78 is 0. The lowest BCUT2D eigenvalue weighted by molar-refractivity contribution is -0.120. The molecule has 0 spiro atoms. The minimum absolute atomic E-state index is 0.257. The normalized spacial score (nSPS) is 31.6. The Hall–Kier alpha value is -1.41. The zero-order chi connectivity index (χ0) is 13.5. The van der Waals surface area contributed by atoms with Crippen LogP contribution < -0.4 is 5.32 Å². The Kier molecular flexibility index (Phi) is 2.99. The first-order valence-corrected chi connectivity index (χ1v) is 7.88. The molecule has 2 aliphatic heterocycles. The van der Waals surface area contributed by atoms with Crippen LogP contribution in [0.1, 0.15) is 43.2 Å². The second kappa shape index (κ2) is 4.85. The summed E-state index contributed by atoms with van der Waals surface area (Å²) in [5, 5.41) is 3.67. The number of hydrogen-bond donors (Lipinski definition) is 1. The maximum absolute atomic E-state index is 12.8. The second-order valence-electron chi connectivity index (χ2n) is 6.57. The lowest BCUT2D eigenvalue weighted by Crippen LogP contribution is -2.50. The van der Waals surface area contributed by atoms with E-state index in [0.29, 0.717) is 17.9 Å². The maximum atomic E-state index is 12.8. The number of Topliss-reactive ketones (excluding diaryl/α,β-unsaturated/α-hetero) is 1. The standard InChI is InChI=1S/C18H21NO/c20-18(14-8-12-4-1-2-5-13(12)9-14)15-10-16-6-3-7-17(11-15)19-16/h1-2,4-5,8,15-17,19H,3,6-7,9-11H2. The summed E-state index contributed by atoms with van der Waals surface area (Å²) in [6, 6.07) is 9.55. The Labute approximate surface area is 120 Å². The van der Waals surface area contributed by atoms with Crippen LogP contribution in [0.15, 0.2) is 29.8 Å². The van der Waals surface area contributed by atoms with Gasteiger partial charge in [-0.05, 0) is 42.9 Å². The lowest BCUT2D eigenvalue weighted by Gasteiger charge is -2.39. The van der Waals surface area contributed by atoms with Crippen molar-refractivity contribution in [1.29, 1.82) is 0 Å². The summed E-state index contributed by atoms with van der Waals surface area (Å²) in [7, 11) is 0. The molecule has 4 rings (SSSR count). The minimum Gasteiger partial charge on any atom is -0.311 e. The summed E-state index contributed by atoms with van der Waals surface area (Å²) >= 11 is 0. The first-order valence-electron chi connectivity index (χ1n) is 7.88. The molecule has 20 heavy (non-hydrogen) atoms. The molecule has 104 valence electrons. The molecule has 2 fully saturated rings. The van der Waals surface area contributed by atoms with Gasteiger partial charge in [-0.15, -0.1) is 0 Å². The Morgan fingerprint density at radius 2 is 1.85 bits per heavy atom. The molecular weight excluding hydrogens is 246 g/mol. The monoisotopic (exact) mass is 267 g/mol. The molecule has 0 amide bonds. The number of nitrogens with one attached hydrogen (secondary N) is 1. The molecule has 3 aliphatic rings. The van der Waals surface area contributed by atoms with Crippen molar-refractivity contribution >= 4 is 11.9 Å². The molecule has 1 aromatic rings. The van der Waals surface area contributed by atoms with E-state index >= 15 is 0 Å². The molecule has 1 aromatic carbocycles. The molecule has 2 nitrogen and oxygen atoms in total. The average molecular weight is 267 g/mol. The summed E-state index contributed by atoms with van der Waals surface area (Å²) in [5.41, 5.74) is 3.59. The van der Waals surface area contributed by atoms with Crippen LogP contribution >= 0.6 is 0 Å². The van der Waals surface area contributed by atoms with Gasteiger partial charge in [0.2, 0.25) is 0 Å². The Morgan fingerprint density at radius 1 is 1.10 bits per heavy atom. The van der Waals surface area contributed by atoms with Crippen LogP contribution in [-0.4, -0.2) is 17.9 Å². The van der Waals surface area contributed by atoms with Crippen molar-refractivity contribution in [3.8, 4) is 0 Å². The van der Waals surface area contributed by atoms with Crippen molar-refractivity contribution in [3.05, 3.63) is 41.0 Å². The molecule has 2 heteroatoms. The average Bonchev–Trinajstić information content (AvgIpc) is 2.90. The number of allylic oxidation sites excluding steroid dienone is 1. The van der Waals surface area contributed by atoms with Gasteiger partial charge in [-0.2, -0.15) is 0 Å². The van der Waals surface area contributed by atoms with Crippen LogP contribution in [0.25, 0.3) is 6.08 Å². The lowest BCUT2D eigenvalue weighted by atomic mass is 9.77. The van der Waals surface area contributed by atoms with Gasteiger partial charge in [0.05, 0.1) is 0 Å². The molecule has 2 atom stereocenters. The van der Waals surface area contributed by atoms with Crippen LogP contribution in [0.3, 0.4) is 0 Å². The number of piperidine rings is 2. The van der Waals surface area contributed by atoms with Crippen molar-refractivity contribution < 1.29 is 4.79 Å². The predicted octanol–water partition coefficient (Wildman–Crippen LogP) is 3.12. The van der Waals surface area contributed by atoms with E-state index < -0.39 is 0 Å². The number of fused-ring (bicyclic) bond motifs is 3. The molecule has 1 N–H and O–H groups in total. The Bertz CT molecular complexity index is 563. The number of hydrogen-bond acceptors (Lipinski definition) is 2. The Balaban J connectivity index is 1.52. The zero-order valence-electron chi connectivity index (χ0n) is 11.8. The molecule has 2 unspecified atom stereocenters. The fourth-order valence-electron chi connectivity index (χ4n) is 4.18. The van der Waals surface area contributed by atoms with Gasteiger partial charge < -0.3 is 5.32 Å². The minimum atomic E-state index is 0.257. The van der Waals surface area contributed by atoms with Crippen LogP contribution in [-0.2, 0) is 11.2 Å². The van der Waals surface area contributed by atoms with Crippen molar-refractivity contribution in [3.63, 3.8) is 0 Å². The molecule has 2 saturated heterocycles. The summed E-state index contributed by atoms with van der Waals surface area (Å²) in [5.74, 6) is 0.673. The number of ketones is 1. The first-order chi connectivity index (χ1) is 9.79. The molecular formula is C18H21NO. The van der Waals surface area contributed by atoms with E-state index in [1.165, 1.54) is 30.4 Å². The van der Waals surface area contributed by atoms with Crippen LogP contribution in [0.2, 0.25) is 0 Å². The van der Waals surface area contributed by atoms with E-state index in [1.54, 1.807) is 0 Å². The smallest absolute Gasteiger partial charge is 0.162 e. The maximum Gasteiger partial charge on any atom is 0.162 e. The van der Waals surface area contributed by atoms with Crippen molar-refractivity contribution in [1.82, 2.24) is 5.32 Å². The van der Waals surface area contributed by atoms with E-state index in [4.69, 9.17) is 0 Å². The van der Waals surface area contributed by atoms with E-state index in [0.717, 1.165) is 24.8 Å². The fourth-order valence-corrected chi connectivity index (χ4v) is 4.18. The fraction of sp³-hybridized carbons (Fsp3) is 0.500. The van der Waals surface area contributed by atoms with E-state index in [9.17, 15) is 4.79 Å². The van der Waals surface area contributed by atoms with Crippen molar-refractivity contribution in [2.45, 2.75) is 50.6 Å². The molecule has 0 aromatic heterocycles. The van der Waals surface area contributed by atoms with Gasteiger partial charge in [-0.3, -0.25) is 4.79 Å². The van der Waals surface area contributed by atoms with Crippen molar-refractivity contribution in [2.24, 2.45) is 5.92 Å². The van der Waals surface area contributed by atoms with Crippen LogP contribution in [0.5, 0.6) is 0 Å². The number of carbonyl (C=O) groups excluding carboxylic acids is 1. The third-order valence-corrected chi connectivity index (χ3v) is 5.17. The zero-order valence-corrected chi connectivity index (χ0v) is 11.8. The third-order valence-electron chi connectivity index (χ3n) is 5.17. The molecule has 1 aliphatic carbocycles. The van der Waals surface area contributed by atoms with Gasteiger partial charge in [0.1, 0.15) is 0 Å². The van der Waals surface area contributed by atoms with Gasteiger partial charge in [0.25, 0.3) is 0 Å². The van der Waals surface area contributed by atoms with E-state index in [2.05, 4.69) is 35.7 Å². The summed E-state index contributed by atoms with van der Waals surface area (Å²) in [6.07, 6.45) is 8.88. The third kappa shape index (κ3) is 2.12. The second-order valence-corrected chi connectivity index (χ2v) is 6.57.